The molecule has 1 aromatic carbocycles. The zero-order chi connectivity index (χ0) is 56.4. The lowest BCUT2D eigenvalue weighted by atomic mass is 9.69. The van der Waals surface area contributed by atoms with E-state index in [2.05, 4.69) is 84.1 Å². The molecule has 2 aliphatic heterocycles. The number of benzene rings is 1. The highest BCUT2D eigenvalue weighted by molar-refractivity contribution is 6.01. The SMILES string of the molecule is CN[C@@H](C)C(=O)NC(C(=O)N1C[C@@H](NC(=O)c2cccc(C(=O)N[C@H]3CC(C(=O)N[C@@H]4CC5CCC4(C)C5(C)C)N(C(=O)[C@@H](NC(=O)[C@H](C)NC)C(C)(C)C)C3)c2)CC1C(=O)N[C@@H]1CC2CCC1(C)C2(C)C)C(C)(C)C. The summed E-state index contributed by atoms with van der Waals surface area (Å²) in [5.74, 6) is -2.21. The molecule has 4 bridgehead atoms. The van der Waals surface area contributed by atoms with Crippen LogP contribution in [0.5, 0.6) is 0 Å². The number of nitrogens with zero attached hydrogens (tertiary/aromatic N) is 2. The van der Waals surface area contributed by atoms with Crippen molar-refractivity contribution in [3.63, 3.8) is 0 Å². The van der Waals surface area contributed by atoms with E-state index in [-0.39, 0.29) is 94.4 Å². The van der Waals surface area contributed by atoms with Crippen molar-refractivity contribution in [1.29, 1.82) is 0 Å². The molecule has 8 amide bonds. The molecular formula is C58H92N10O8. The van der Waals surface area contributed by atoms with Gasteiger partial charge in [0.05, 0.1) is 12.1 Å². The fourth-order valence-corrected chi connectivity index (χ4v) is 14.0. The van der Waals surface area contributed by atoms with E-state index >= 15 is 0 Å². The van der Waals surface area contributed by atoms with Crippen molar-refractivity contribution in [2.24, 2.45) is 44.3 Å². The van der Waals surface area contributed by atoms with Crippen LogP contribution < -0.4 is 42.5 Å². The molecule has 0 spiro atoms. The van der Waals surface area contributed by atoms with Gasteiger partial charge in [-0.1, -0.05) is 89.2 Å². The van der Waals surface area contributed by atoms with Crippen LogP contribution in [-0.4, -0.2) is 145 Å². The van der Waals surface area contributed by atoms with E-state index in [1.807, 2.05) is 41.5 Å². The fraction of sp³-hybridized carbons (Fsp3) is 0.759. The average molecular weight is 1060 g/mol. The van der Waals surface area contributed by atoms with Crippen LogP contribution in [0.15, 0.2) is 24.3 Å². The maximum absolute atomic E-state index is 14.7. The third kappa shape index (κ3) is 10.9. The Morgan fingerprint density at radius 1 is 0.553 bits per heavy atom. The van der Waals surface area contributed by atoms with Gasteiger partial charge in [-0.2, -0.15) is 0 Å². The van der Waals surface area contributed by atoms with Crippen molar-refractivity contribution in [1.82, 2.24) is 52.3 Å². The monoisotopic (exact) mass is 1060 g/mol. The summed E-state index contributed by atoms with van der Waals surface area (Å²) in [4.78, 5) is 117. The van der Waals surface area contributed by atoms with Gasteiger partial charge >= 0.3 is 0 Å². The van der Waals surface area contributed by atoms with Crippen molar-refractivity contribution in [3.05, 3.63) is 35.4 Å². The predicted octanol–water partition coefficient (Wildman–Crippen LogP) is 4.02. The quantitative estimate of drug-likeness (QED) is 0.118. The van der Waals surface area contributed by atoms with Crippen LogP contribution in [-0.2, 0) is 28.8 Å². The molecule has 76 heavy (non-hydrogen) atoms. The van der Waals surface area contributed by atoms with Gasteiger partial charge in [-0.05, 0) is 142 Å². The number of rotatable bonds is 16. The van der Waals surface area contributed by atoms with Gasteiger partial charge in [-0.15, -0.1) is 0 Å². The van der Waals surface area contributed by atoms with E-state index in [1.54, 1.807) is 46.1 Å². The average Bonchev–Trinajstić information content (AvgIpc) is 4.15. The molecule has 8 N–H and O–H groups in total. The Hall–Kier alpha value is -5.10. The predicted molar refractivity (Wildman–Crippen MR) is 291 cm³/mol. The molecule has 6 fully saturated rings. The Morgan fingerprint density at radius 3 is 1.20 bits per heavy atom. The van der Waals surface area contributed by atoms with Crippen LogP contribution in [0.2, 0.25) is 0 Å². The van der Waals surface area contributed by atoms with Crippen LogP contribution in [0.25, 0.3) is 0 Å². The van der Waals surface area contributed by atoms with Gasteiger partial charge in [0.2, 0.25) is 35.4 Å². The third-order valence-corrected chi connectivity index (χ3v) is 20.5. The summed E-state index contributed by atoms with van der Waals surface area (Å²) in [7, 11) is 3.33. The van der Waals surface area contributed by atoms with Gasteiger partial charge in [0.25, 0.3) is 11.8 Å². The highest BCUT2D eigenvalue weighted by atomic mass is 16.2. The summed E-state index contributed by atoms with van der Waals surface area (Å²) in [5.41, 5.74) is -1.27. The number of likely N-dealkylation sites (N-methyl/N-ethyl adjacent to an activating group) is 2. The Labute approximate surface area is 452 Å². The highest BCUT2D eigenvalue weighted by Crippen LogP contribution is 2.66. The standard InChI is InChI=1S/C58H92N10O8/c1-31(59-15)45(69)65-43(53(3,4)5)51(75)67-29-37(27-39(67)49(73)63-41-25-35-20-22-57(41,13)55(35,9)10)61-47(71)33-18-17-19-34(24-33)48(72)62-38-28-40(50(74)64-42-26-36-21-23-58(42,14)56(36,11)12)68(30-38)52(76)44(54(6,7)8)66-46(70)32(2)60-16/h17-19,24,31-32,35-44,59-60H,20-23,25-30H2,1-16H3,(H,61,71)(H,62,72)(H,63,73)(H,64,74)(H,65,69)(H,66,70)/t31-,32-,35?,36?,37-,38-,39?,40?,41+,42+,43+,44?,57?,58?/m0/s1. The Bertz CT molecular complexity index is 2290. The van der Waals surface area contributed by atoms with Crippen LogP contribution in [0.3, 0.4) is 0 Å². The maximum Gasteiger partial charge on any atom is 0.251 e. The highest BCUT2D eigenvalue weighted by Gasteiger charge is 2.63. The van der Waals surface area contributed by atoms with Crippen molar-refractivity contribution in [2.45, 2.75) is 209 Å². The molecule has 0 aromatic heterocycles. The van der Waals surface area contributed by atoms with E-state index in [1.165, 1.54) is 15.9 Å². The fourth-order valence-electron chi connectivity index (χ4n) is 14.0. The molecule has 422 valence electrons. The molecule has 18 heteroatoms. The Morgan fingerprint density at radius 2 is 0.908 bits per heavy atom. The first kappa shape index (κ1) is 58.6. The number of nitrogens with one attached hydrogen (secondary N) is 8. The molecule has 6 aliphatic rings. The molecule has 4 saturated carbocycles. The van der Waals surface area contributed by atoms with Gasteiger partial charge in [0.1, 0.15) is 24.2 Å². The van der Waals surface area contributed by atoms with Crippen molar-refractivity contribution in [3.8, 4) is 0 Å². The second kappa shape index (κ2) is 21.3. The number of carbonyl (C=O) groups is 8. The summed E-state index contributed by atoms with van der Waals surface area (Å²) in [6.07, 6.45) is 6.16. The Kier molecular flexibility index (Phi) is 16.4. The normalized spacial score (nSPS) is 31.7. The summed E-state index contributed by atoms with van der Waals surface area (Å²) < 4.78 is 0. The first-order chi connectivity index (χ1) is 35.2. The molecule has 2 heterocycles. The molecule has 2 saturated heterocycles. The molecule has 18 nitrogen and oxygen atoms in total. The molecule has 14 atom stereocenters. The molecule has 7 rings (SSSR count). The van der Waals surface area contributed by atoms with E-state index in [0.717, 1.165) is 38.5 Å². The number of carbonyl (C=O) groups excluding carboxylic acids is 8. The lowest BCUT2D eigenvalue weighted by Gasteiger charge is -2.40. The van der Waals surface area contributed by atoms with Gasteiger partial charge in [-0.3, -0.25) is 38.4 Å². The Balaban J connectivity index is 1.08. The largest absolute Gasteiger partial charge is 0.351 e. The van der Waals surface area contributed by atoms with E-state index < -0.39 is 82.8 Å². The van der Waals surface area contributed by atoms with Crippen LogP contribution >= 0.6 is 0 Å². The zero-order valence-corrected chi connectivity index (χ0v) is 48.5. The number of hydrogen-bond acceptors (Lipinski definition) is 10. The first-order valence-corrected chi connectivity index (χ1v) is 28.1. The van der Waals surface area contributed by atoms with Gasteiger partial charge < -0.3 is 52.3 Å². The molecule has 7 unspecified atom stereocenters. The summed E-state index contributed by atoms with van der Waals surface area (Å²) in [6, 6.07) is -0.159. The number of hydrogen-bond donors (Lipinski definition) is 8. The van der Waals surface area contributed by atoms with E-state index in [4.69, 9.17) is 0 Å². The summed E-state index contributed by atoms with van der Waals surface area (Å²) in [5, 5.41) is 24.5. The van der Waals surface area contributed by atoms with Gasteiger partial charge in [-0.25, -0.2) is 0 Å². The second-order valence-electron chi connectivity index (χ2n) is 27.4. The minimum absolute atomic E-state index is 0.0150. The number of fused-ring (bicyclic) bond motifs is 4. The second-order valence-corrected chi connectivity index (χ2v) is 27.4. The van der Waals surface area contributed by atoms with E-state index in [9.17, 15) is 38.4 Å². The minimum Gasteiger partial charge on any atom is -0.351 e. The number of likely N-dealkylation sites (tertiary alicyclic amines) is 2. The molecule has 4 aliphatic carbocycles. The van der Waals surface area contributed by atoms with Crippen molar-refractivity contribution >= 4 is 47.3 Å². The minimum atomic E-state index is -0.976. The van der Waals surface area contributed by atoms with Crippen molar-refractivity contribution < 1.29 is 38.4 Å². The summed E-state index contributed by atoms with van der Waals surface area (Å²) >= 11 is 0. The van der Waals surface area contributed by atoms with Crippen LogP contribution in [0, 0.1) is 44.3 Å². The zero-order valence-electron chi connectivity index (χ0n) is 48.5. The topological polar surface area (TPSA) is 239 Å². The third-order valence-electron chi connectivity index (χ3n) is 20.5. The number of amides is 8. The molecule has 1 aromatic rings. The maximum atomic E-state index is 14.7. The smallest absolute Gasteiger partial charge is 0.251 e. The summed E-state index contributed by atoms with van der Waals surface area (Å²) in [6.45, 7) is 28.2. The first-order valence-electron chi connectivity index (χ1n) is 28.1. The van der Waals surface area contributed by atoms with Gasteiger partial charge in [0.15, 0.2) is 0 Å². The lowest BCUT2D eigenvalue weighted by Crippen LogP contribution is -2.60. The van der Waals surface area contributed by atoms with E-state index in [0.29, 0.717) is 11.8 Å². The van der Waals surface area contributed by atoms with Gasteiger partial charge in [0, 0.05) is 48.4 Å². The van der Waals surface area contributed by atoms with Crippen LogP contribution in [0.4, 0.5) is 0 Å². The lowest BCUT2D eigenvalue weighted by molar-refractivity contribution is -0.144. The molecular weight excluding hydrogens is 965 g/mol. The van der Waals surface area contributed by atoms with Crippen molar-refractivity contribution in [2.75, 3.05) is 27.2 Å². The molecule has 0 radical (unpaired) electrons. The van der Waals surface area contributed by atoms with Crippen LogP contribution in [0.1, 0.15) is 169 Å².